The summed E-state index contributed by atoms with van der Waals surface area (Å²) < 4.78 is 10.9. The molecule has 0 aliphatic heterocycles. The largest absolute Gasteiger partial charge is 0.337 e. The average molecular weight is 303 g/mol. The van der Waals surface area contributed by atoms with E-state index in [1.807, 2.05) is 25.5 Å². The zero-order chi connectivity index (χ0) is 14.3. The van der Waals surface area contributed by atoms with Crippen LogP contribution in [0, 0.1) is 0 Å². The molecule has 1 aromatic rings. The first-order chi connectivity index (χ1) is 9.00. The van der Waals surface area contributed by atoms with Crippen LogP contribution in [0.4, 0.5) is 4.79 Å². The van der Waals surface area contributed by atoms with E-state index in [-0.39, 0.29) is 12.1 Å². The number of carbonyl (C=O) groups is 1. The lowest BCUT2D eigenvalue weighted by atomic mass is 10.2. The van der Waals surface area contributed by atoms with Crippen LogP contribution in [0.2, 0.25) is 0 Å². The topological polar surface area (TPSA) is 61.4 Å². The summed E-state index contributed by atoms with van der Waals surface area (Å²) in [5, 5.41) is 7.57. The molecule has 19 heavy (non-hydrogen) atoms. The number of rotatable bonds is 7. The molecular weight excluding hydrogens is 282 g/mol. The fraction of sp³-hybridized carbons (Fsp3) is 0.583. The monoisotopic (exact) mass is 303 g/mol. The molecule has 0 aliphatic rings. The van der Waals surface area contributed by atoms with Crippen molar-refractivity contribution in [3.8, 4) is 0 Å². The number of hydrogen-bond acceptors (Lipinski definition) is 4. The van der Waals surface area contributed by atoms with Crippen molar-refractivity contribution in [3.05, 3.63) is 22.4 Å². The maximum absolute atomic E-state index is 11.6. The van der Waals surface area contributed by atoms with Crippen LogP contribution < -0.4 is 10.6 Å². The first-order valence-corrected chi connectivity index (χ1v) is 8.63. The Morgan fingerprint density at radius 1 is 1.47 bits per heavy atom. The van der Waals surface area contributed by atoms with Gasteiger partial charge in [0.15, 0.2) is 0 Å². The first-order valence-electron chi connectivity index (χ1n) is 6.02. The molecule has 0 bridgehead atoms. The van der Waals surface area contributed by atoms with Crippen LogP contribution >= 0.6 is 11.3 Å². The molecular formula is C12H21N3O2S2. The van der Waals surface area contributed by atoms with Crippen LogP contribution in [0.3, 0.4) is 0 Å². The van der Waals surface area contributed by atoms with Gasteiger partial charge in [-0.25, -0.2) is 4.79 Å². The lowest BCUT2D eigenvalue weighted by Gasteiger charge is -2.23. The zero-order valence-electron chi connectivity index (χ0n) is 11.5. The molecule has 0 aliphatic carbocycles. The third-order valence-corrected chi connectivity index (χ3v) is 4.38. The second-order valence-corrected chi connectivity index (χ2v) is 6.94. The van der Waals surface area contributed by atoms with Crippen LogP contribution in [0.25, 0.3) is 0 Å². The van der Waals surface area contributed by atoms with Gasteiger partial charge < -0.3 is 15.5 Å². The molecule has 2 N–H and O–H groups in total. The van der Waals surface area contributed by atoms with E-state index in [0.29, 0.717) is 18.8 Å². The van der Waals surface area contributed by atoms with Crippen LogP contribution in [0.5, 0.6) is 0 Å². The van der Waals surface area contributed by atoms with Crippen molar-refractivity contribution in [2.45, 2.75) is 6.04 Å². The predicted molar refractivity (Wildman–Crippen MR) is 81.1 cm³/mol. The molecule has 2 amide bonds. The summed E-state index contributed by atoms with van der Waals surface area (Å²) >= 11 is 1.68. The summed E-state index contributed by atoms with van der Waals surface area (Å²) in [6.45, 7) is 0.981. The highest BCUT2D eigenvalue weighted by Gasteiger charge is 2.15. The van der Waals surface area contributed by atoms with E-state index in [0.717, 1.165) is 0 Å². The predicted octanol–water partition coefficient (Wildman–Crippen LogP) is 1.03. The minimum absolute atomic E-state index is 0.172. The third kappa shape index (κ3) is 6.17. The van der Waals surface area contributed by atoms with Gasteiger partial charge in [0.25, 0.3) is 0 Å². The smallest absolute Gasteiger partial charge is 0.314 e. The van der Waals surface area contributed by atoms with Crippen molar-refractivity contribution >= 4 is 28.2 Å². The molecule has 0 saturated heterocycles. The van der Waals surface area contributed by atoms with Gasteiger partial charge in [0.2, 0.25) is 0 Å². The van der Waals surface area contributed by atoms with Crippen molar-refractivity contribution in [1.82, 2.24) is 15.5 Å². The molecule has 0 spiro atoms. The van der Waals surface area contributed by atoms with Gasteiger partial charge in [0.05, 0.1) is 6.04 Å². The van der Waals surface area contributed by atoms with Crippen molar-refractivity contribution in [2.24, 2.45) is 0 Å². The average Bonchev–Trinajstić information content (AvgIpc) is 2.82. The maximum Gasteiger partial charge on any atom is 0.314 e. The zero-order valence-corrected chi connectivity index (χ0v) is 13.1. The van der Waals surface area contributed by atoms with Gasteiger partial charge >= 0.3 is 6.03 Å². The number of nitrogens with zero attached hydrogens (tertiary/aromatic N) is 1. The van der Waals surface area contributed by atoms with E-state index < -0.39 is 10.8 Å². The van der Waals surface area contributed by atoms with Gasteiger partial charge in [-0.2, -0.15) is 0 Å². The Morgan fingerprint density at radius 3 is 2.74 bits per heavy atom. The van der Waals surface area contributed by atoms with Gasteiger partial charge in [-0.1, -0.05) is 6.07 Å². The number of carbonyl (C=O) groups excluding carboxylic acids is 1. The van der Waals surface area contributed by atoms with Gasteiger partial charge in [-0.15, -0.1) is 11.3 Å². The van der Waals surface area contributed by atoms with Crippen LogP contribution in [-0.4, -0.2) is 54.3 Å². The summed E-state index contributed by atoms with van der Waals surface area (Å²) in [6, 6.07) is 4.03. The Kier molecular flexibility index (Phi) is 7.04. The fourth-order valence-corrected chi connectivity index (χ4v) is 2.89. The van der Waals surface area contributed by atoms with Gasteiger partial charge in [0.1, 0.15) is 0 Å². The number of amides is 2. The first kappa shape index (κ1) is 16.1. The Bertz CT molecular complexity index is 407. The molecule has 0 unspecified atom stereocenters. The van der Waals surface area contributed by atoms with Crippen molar-refractivity contribution in [2.75, 3.05) is 39.2 Å². The summed E-state index contributed by atoms with van der Waals surface area (Å²) in [5.41, 5.74) is 0. The number of nitrogens with one attached hydrogen (secondary N) is 2. The number of likely N-dealkylation sites (N-methyl/N-ethyl adjacent to an activating group) is 1. The quantitative estimate of drug-likeness (QED) is 0.791. The Morgan fingerprint density at radius 2 is 2.21 bits per heavy atom. The minimum atomic E-state index is -0.875. The molecule has 0 aromatic carbocycles. The highest BCUT2D eigenvalue weighted by molar-refractivity contribution is 7.84. The van der Waals surface area contributed by atoms with Gasteiger partial charge in [-0.3, -0.25) is 4.21 Å². The number of urea groups is 1. The molecule has 0 fully saturated rings. The van der Waals surface area contributed by atoms with E-state index in [9.17, 15) is 9.00 Å². The molecule has 1 heterocycles. The Balaban J connectivity index is 2.36. The fourth-order valence-electron chi connectivity index (χ4n) is 1.58. The molecule has 5 nitrogen and oxygen atoms in total. The van der Waals surface area contributed by atoms with Gasteiger partial charge in [0, 0.05) is 40.8 Å². The van der Waals surface area contributed by atoms with Crippen LogP contribution in [0.15, 0.2) is 17.5 Å². The minimum Gasteiger partial charge on any atom is -0.337 e. The second kappa shape index (κ2) is 8.29. The lowest BCUT2D eigenvalue weighted by Crippen LogP contribution is -2.41. The molecule has 108 valence electrons. The van der Waals surface area contributed by atoms with E-state index >= 15 is 0 Å². The SMILES string of the molecule is CN(C)[C@H](CNC(=O)NCC[S@](C)=O)c1cccs1. The highest BCUT2D eigenvalue weighted by atomic mass is 32.2. The lowest BCUT2D eigenvalue weighted by molar-refractivity contribution is 0.234. The Labute approximate surface area is 120 Å². The van der Waals surface area contributed by atoms with Gasteiger partial charge in [-0.05, 0) is 25.5 Å². The highest BCUT2D eigenvalue weighted by Crippen LogP contribution is 2.22. The van der Waals surface area contributed by atoms with Crippen LogP contribution in [-0.2, 0) is 10.8 Å². The molecule has 0 radical (unpaired) electrons. The van der Waals surface area contributed by atoms with E-state index in [1.54, 1.807) is 17.6 Å². The summed E-state index contributed by atoms with van der Waals surface area (Å²) in [7, 11) is 3.11. The Hall–Kier alpha value is -0.920. The van der Waals surface area contributed by atoms with Crippen LogP contribution in [0.1, 0.15) is 10.9 Å². The van der Waals surface area contributed by atoms with E-state index in [4.69, 9.17) is 0 Å². The number of hydrogen-bond donors (Lipinski definition) is 2. The van der Waals surface area contributed by atoms with E-state index in [1.165, 1.54) is 4.88 Å². The number of thiophene rings is 1. The molecule has 2 atom stereocenters. The van der Waals surface area contributed by atoms with E-state index in [2.05, 4.69) is 21.6 Å². The molecule has 0 saturated carbocycles. The summed E-state index contributed by atoms with van der Waals surface area (Å²) in [6.07, 6.45) is 1.62. The molecule has 7 heteroatoms. The van der Waals surface area contributed by atoms with Crippen molar-refractivity contribution in [1.29, 1.82) is 0 Å². The van der Waals surface area contributed by atoms with Crippen molar-refractivity contribution in [3.63, 3.8) is 0 Å². The molecule has 1 aromatic heterocycles. The summed E-state index contributed by atoms with van der Waals surface area (Å²) in [5.74, 6) is 0.482. The summed E-state index contributed by atoms with van der Waals surface area (Å²) in [4.78, 5) is 14.9. The normalized spacial score (nSPS) is 14.1. The maximum atomic E-state index is 11.6. The molecule has 1 rings (SSSR count). The third-order valence-electron chi connectivity index (χ3n) is 2.63. The standard InChI is InChI=1S/C12H21N3O2S2/c1-15(2)10(11-5-4-7-18-11)9-14-12(16)13-6-8-19(3)17/h4-5,7,10H,6,8-9H2,1-3H3,(H2,13,14,16)/t10-,19+/m1/s1. The second-order valence-electron chi connectivity index (χ2n) is 4.41. The van der Waals surface area contributed by atoms with Crippen molar-refractivity contribution < 1.29 is 9.00 Å².